The molecule has 0 aliphatic carbocycles. The van der Waals surface area contributed by atoms with Gasteiger partial charge in [0.05, 0.1) is 17.0 Å². The summed E-state index contributed by atoms with van der Waals surface area (Å²) < 4.78 is 27.7. The molecule has 104 valence electrons. The van der Waals surface area contributed by atoms with Crippen molar-refractivity contribution < 1.29 is 13.5 Å². The van der Waals surface area contributed by atoms with Gasteiger partial charge in [0.1, 0.15) is 4.21 Å². The maximum absolute atomic E-state index is 12.1. The van der Waals surface area contributed by atoms with E-state index in [9.17, 15) is 8.42 Å². The first-order valence-electron chi connectivity index (χ1n) is 5.39. The Hall–Kier alpha value is -0.440. The number of aliphatic hydroxyl groups excluding tert-OH is 1. The van der Waals surface area contributed by atoms with E-state index >= 15 is 0 Å². The van der Waals surface area contributed by atoms with Crippen LogP contribution in [0.1, 0.15) is 22.7 Å². The molecule has 4 nitrogen and oxygen atoms in total. The Morgan fingerprint density at radius 2 is 2.05 bits per heavy atom. The molecule has 1 atom stereocenters. The van der Waals surface area contributed by atoms with E-state index in [4.69, 9.17) is 16.7 Å². The van der Waals surface area contributed by atoms with Crippen LogP contribution in [0.4, 0.5) is 0 Å². The number of aliphatic hydroxyl groups is 1. The Kier molecular flexibility index (Phi) is 4.65. The van der Waals surface area contributed by atoms with Crippen LogP contribution in [0.5, 0.6) is 0 Å². The minimum Gasteiger partial charge on any atom is -0.391 e. The Morgan fingerprint density at radius 1 is 1.32 bits per heavy atom. The predicted molar refractivity (Wildman–Crippen MR) is 78.3 cm³/mol. The molecule has 0 aliphatic heterocycles. The molecular formula is C11H12ClNO3S3. The Bertz CT molecular complexity index is 662. The molecule has 0 bridgehead atoms. The van der Waals surface area contributed by atoms with Gasteiger partial charge in [-0.25, -0.2) is 13.1 Å². The third-order valence-electron chi connectivity index (χ3n) is 2.41. The van der Waals surface area contributed by atoms with Crippen molar-refractivity contribution in [2.75, 3.05) is 0 Å². The number of sulfonamides is 1. The molecule has 0 spiro atoms. The number of halogens is 1. The van der Waals surface area contributed by atoms with Crippen LogP contribution in [0.25, 0.3) is 0 Å². The topological polar surface area (TPSA) is 66.4 Å². The summed E-state index contributed by atoms with van der Waals surface area (Å²) in [6.45, 7) is 1.61. The second kappa shape index (κ2) is 5.90. The fourth-order valence-corrected chi connectivity index (χ4v) is 5.09. The van der Waals surface area contributed by atoms with Gasteiger partial charge in [-0.1, -0.05) is 11.6 Å². The summed E-state index contributed by atoms with van der Waals surface area (Å²) in [5.41, 5.74) is 0. The van der Waals surface area contributed by atoms with Crippen molar-refractivity contribution in [2.45, 2.75) is 23.8 Å². The minimum absolute atomic E-state index is 0.156. The highest BCUT2D eigenvalue weighted by Crippen LogP contribution is 2.29. The van der Waals surface area contributed by atoms with E-state index in [0.29, 0.717) is 9.21 Å². The Morgan fingerprint density at radius 3 is 2.58 bits per heavy atom. The minimum atomic E-state index is -3.57. The fraction of sp³-hybridized carbons (Fsp3) is 0.273. The van der Waals surface area contributed by atoms with E-state index in [1.54, 1.807) is 25.1 Å². The lowest BCUT2D eigenvalue weighted by molar-refractivity contribution is 0.285. The third kappa shape index (κ3) is 3.56. The van der Waals surface area contributed by atoms with Crippen molar-refractivity contribution >= 4 is 44.3 Å². The van der Waals surface area contributed by atoms with Gasteiger partial charge in [0, 0.05) is 9.75 Å². The van der Waals surface area contributed by atoms with Crippen LogP contribution in [-0.2, 0) is 16.6 Å². The van der Waals surface area contributed by atoms with Crippen LogP contribution in [0.15, 0.2) is 28.5 Å². The van der Waals surface area contributed by atoms with Gasteiger partial charge in [-0.2, -0.15) is 0 Å². The SMILES string of the molecule is CC(NS(=O)(=O)c1ccc(CO)s1)c1ccc(Cl)s1. The Labute approximate surface area is 124 Å². The smallest absolute Gasteiger partial charge is 0.250 e. The van der Waals surface area contributed by atoms with Crippen LogP contribution < -0.4 is 4.72 Å². The first-order chi connectivity index (χ1) is 8.92. The van der Waals surface area contributed by atoms with Gasteiger partial charge in [0.15, 0.2) is 0 Å². The zero-order valence-electron chi connectivity index (χ0n) is 9.96. The van der Waals surface area contributed by atoms with Gasteiger partial charge in [-0.05, 0) is 31.2 Å². The number of thiophene rings is 2. The summed E-state index contributed by atoms with van der Waals surface area (Å²) in [5, 5.41) is 8.96. The van der Waals surface area contributed by atoms with Crippen LogP contribution in [-0.4, -0.2) is 13.5 Å². The molecular weight excluding hydrogens is 326 g/mol. The quantitative estimate of drug-likeness (QED) is 0.881. The molecule has 1 unspecified atom stereocenters. The van der Waals surface area contributed by atoms with Crippen molar-refractivity contribution in [3.8, 4) is 0 Å². The zero-order valence-corrected chi connectivity index (χ0v) is 13.2. The summed E-state index contributed by atoms with van der Waals surface area (Å²) in [7, 11) is -3.57. The summed E-state index contributed by atoms with van der Waals surface area (Å²) in [6.07, 6.45) is 0. The second-order valence-electron chi connectivity index (χ2n) is 3.86. The molecule has 0 aromatic carbocycles. The lowest BCUT2D eigenvalue weighted by Gasteiger charge is -2.11. The molecule has 2 aromatic rings. The molecule has 2 heterocycles. The van der Waals surface area contributed by atoms with E-state index in [-0.39, 0.29) is 16.9 Å². The van der Waals surface area contributed by atoms with Gasteiger partial charge >= 0.3 is 0 Å². The van der Waals surface area contributed by atoms with Gasteiger partial charge < -0.3 is 5.11 Å². The van der Waals surface area contributed by atoms with Crippen molar-refractivity contribution in [3.63, 3.8) is 0 Å². The van der Waals surface area contributed by atoms with Crippen molar-refractivity contribution in [1.29, 1.82) is 0 Å². The fourth-order valence-electron chi connectivity index (χ4n) is 1.50. The first-order valence-corrected chi connectivity index (χ1v) is 8.89. The van der Waals surface area contributed by atoms with Crippen LogP contribution >= 0.6 is 34.3 Å². The monoisotopic (exact) mass is 337 g/mol. The maximum Gasteiger partial charge on any atom is 0.250 e. The van der Waals surface area contributed by atoms with Crippen molar-refractivity contribution in [1.82, 2.24) is 4.72 Å². The highest BCUT2D eigenvalue weighted by molar-refractivity contribution is 7.91. The Balaban J connectivity index is 2.17. The summed E-state index contributed by atoms with van der Waals surface area (Å²) in [5.74, 6) is 0. The summed E-state index contributed by atoms with van der Waals surface area (Å²) >= 11 is 8.23. The van der Waals surface area contributed by atoms with E-state index in [1.165, 1.54) is 17.4 Å². The standard InChI is InChI=1S/C11H12ClNO3S3/c1-7(9-3-4-10(12)18-9)13-19(15,16)11-5-2-8(6-14)17-11/h2-5,7,13-14H,6H2,1H3. The van der Waals surface area contributed by atoms with E-state index in [0.717, 1.165) is 16.2 Å². The van der Waals surface area contributed by atoms with Crippen molar-refractivity contribution in [2.24, 2.45) is 0 Å². The molecule has 2 N–H and O–H groups in total. The molecule has 0 amide bonds. The lowest BCUT2D eigenvalue weighted by atomic mass is 10.3. The lowest BCUT2D eigenvalue weighted by Crippen LogP contribution is -2.25. The average molecular weight is 338 g/mol. The van der Waals surface area contributed by atoms with E-state index in [1.807, 2.05) is 0 Å². The second-order valence-corrected chi connectivity index (χ2v) is 8.72. The van der Waals surface area contributed by atoms with Crippen LogP contribution in [0.2, 0.25) is 4.34 Å². The van der Waals surface area contributed by atoms with Gasteiger partial charge in [0.25, 0.3) is 10.0 Å². The summed E-state index contributed by atoms with van der Waals surface area (Å²) in [4.78, 5) is 1.47. The van der Waals surface area contributed by atoms with E-state index < -0.39 is 10.0 Å². The van der Waals surface area contributed by atoms with Gasteiger partial charge in [0.2, 0.25) is 0 Å². The number of hydrogen-bond acceptors (Lipinski definition) is 5. The molecule has 19 heavy (non-hydrogen) atoms. The highest BCUT2D eigenvalue weighted by atomic mass is 35.5. The molecule has 0 radical (unpaired) electrons. The normalized spacial score (nSPS) is 13.6. The van der Waals surface area contributed by atoms with Crippen LogP contribution in [0, 0.1) is 0 Å². The van der Waals surface area contributed by atoms with Gasteiger partial charge in [-0.3, -0.25) is 0 Å². The average Bonchev–Trinajstić information content (AvgIpc) is 2.96. The third-order valence-corrected chi connectivity index (χ3v) is 6.93. The zero-order chi connectivity index (χ0) is 14.0. The maximum atomic E-state index is 12.1. The molecule has 0 saturated heterocycles. The number of hydrogen-bond donors (Lipinski definition) is 2. The molecule has 2 rings (SSSR count). The number of rotatable bonds is 5. The molecule has 8 heteroatoms. The summed E-state index contributed by atoms with van der Waals surface area (Å²) in [6, 6.07) is 6.29. The first kappa shape index (κ1) is 15.0. The molecule has 2 aromatic heterocycles. The molecule has 0 aliphatic rings. The van der Waals surface area contributed by atoms with Crippen LogP contribution in [0.3, 0.4) is 0 Å². The highest BCUT2D eigenvalue weighted by Gasteiger charge is 2.21. The predicted octanol–water partition coefficient (Wildman–Crippen LogP) is 2.99. The van der Waals surface area contributed by atoms with Gasteiger partial charge in [-0.15, -0.1) is 22.7 Å². The molecule has 0 fully saturated rings. The number of nitrogens with one attached hydrogen (secondary N) is 1. The molecule has 0 saturated carbocycles. The van der Waals surface area contributed by atoms with E-state index in [2.05, 4.69) is 4.72 Å². The largest absolute Gasteiger partial charge is 0.391 e. The van der Waals surface area contributed by atoms with Crippen molar-refractivity contribution in [3.05, 3.63) is 38.4 Å².